The first kappa shape index (κ1) is 23.1. The summed E-state index contributed by atoms with van der Waals surface area (Å²) in [6.07, 6.45) is 3.63. The van der Waals surface area contributed by atoms with Crippen LogP contribution in [0, 0.1) is 6.92 Å². The molecule has 0 saturated carbocycles. The van der Waals surface area contributed by atoms with E-state index in [1.54, 1.807) is 42.2 Å². The molecule has 1 N–H and O–H groups in total. The molecule has 1 amide bonds. The van der Waals surface area contributed by atoms with Crippen LogP contribution in [0.2, 0.25) is 0 Å². The maximum Gasteiger partial charge on any atom is 0.306 e. The van der Waals surface area contributed by atoms with E-state index >= 15 is 0 Å². The second kappa shape index (κ2) is 8.88. The minimum Gasteiger partial charge on any atom is -0.383 e. The van der Waals surface area contributed by atoms with Gasteiger partial charge in [0.2, 0.25) is 10.0 Å². The normalized spacial score (nSPS) is 15.5. The molecule has 0 unspecified atom stereocenters. The van der Waals surface area contributed by atoms with Gasteiger partial charge in [0.15, 0.2) is 0 Å². The maximum absolute atomic E-state index is 12.9. The van der Waals surface area contributed by atoms with Crippen molar-refractivity contribution in [1.82, 2.24) is 4.90 Å². The largest absolute Gasteiger partial charge is 0.383 e. The third-order valence-corrected chi connectivity index (χ3v) is 6.25. The van der Waals surface area contributed by atoms with Crippen LogP contribution in [0.15, 0.2) is 42.5 Å². The second-order valence-electron chi connectivity index (χ2n) is 7.83. The number of piperidine rings is 1. The van der Waals surface area contributed by atoms with Gasteiger partial charge in [0.05, 0.1) is 18.2 Å². The summed E-state index contributed by atoms with van der Waals surface area (Å²) in [5.74, 6) is 0.403. The Kier molecular flexibility index (Phi) is 6.61. The van der Waals surface area contributed by atoms with Crippen molar-refractivity contribution in [3.63, 3.8) is 0 Å². The van der Waals surface area contributed by atoms with E-state index in [4.69, 9.17) is 4.18 Å². The molecule has 10 heteroatoms. The van der Waals surface area contributed by atoms with Crippen molar-refractivity contribution in [3.05, 3.63) is 59.2 Å². The number of rotatable bonds is 6. The Morgan fingerprint density at radius 1 is 1.00 bits per heavy atom. The summed E-state index contributed by atoms with van der Waals surface area (Å²) in [4.78, 5) is 14.7. The van der Waals surface area contributed by atoms with Crippen LogP contribution in [0.5, 0.6) is 5.75 Å². The Morgan fingerprint density at radius 2 is 1.61 bits per heavy atom. The molecular formula is C21H26N2O6S2. The van der Waals surface area contributed by atoms with E-state index in [2.05, 4.69) is 4.72 Å². The number of aryl methyl sites for hydroxylation is 1. The second-order valence-corrected chi connectivity index (χ2v) is 11.2. The first-order valence-corrected chi connectivity index (χ1v) is 13.5. The minimum absolute atomic E-state index is 0.132. The van der Waals surface area contributed by atoms with E-state index < -0.39 is 20.1 Å². The first-order chi connectivity index (χ1) is 14.4. The van der Waals surface area contributed by atoms with Crippen molar-refractivity contribution >= 4 is 31.7 Å². The van der Waals surface area contributed by atoms with Crippen molar-refractivity contribution in [2.24, 2.45) is 0 Å². The SMILES string of the molecule is Cc1ccc(C(=O)N2CCC(c3ccc(OS(C)(=O)=O)cc3)CC2)cc1NS(C)(=O)=O. The standard InChI is InChI=1S/C21H26N2O6S2/c1-15-4-5-18(14-20(15)22-30(2,25)26)21(24)23-12-10-17(11-13-23)16-6-8-19(9-7-16)29-31(3,27)28/h4-9,14,17,22H,10-13H2,1-3H3. The number of likely N-dealkylation sites (tertiary alicyclic amines) is 1. The summed E-state index contributed by atoms with van der Waals surface area (Å²) >= 11 is 0. The average molecular weight is 467 g/mol. The molecule has 2 aromatic rings. The van der Waals surface area contributed by atoms with Crippen molar-refractivity contribution in [1.29, 1.82) is 0 Å². The topological polar surface area (TPSA) is 110 Å². The summed E-state index contributed by atoms with van der Waals surface area (Å²) in [7, 11) is -6.99. The Hall–Kier alpha value is -2.59. The van der Waals surface area contributed by atoms with Gasteiger partial charge in [-0.25, -0.2) is 8.42 Å². The van der Waals surface area contributed by atoms with Crippen molar-refractivity contribution < 1.29 is 25.8 Å². The van der Waals surface area contributed by atoms with Crippen molar-refractivity contribution in [3.8, 4) is 5.75 Å². The fourth-order valence-electron chi connectivity index (χ4n) is 3.63. The zero-order valence-electron chi connectivity index (χ0n) is 17.7. The molecule has 0 atom stereocenters. The van der Waals surface area contributed by atoms with Crippen LogP contribution < -0.4 is 8.91 Å². The molecule has 168 valence electrons. The van der Waals surface area contributed by atoms with Crippen LogP contribution in [0.1, 0.15) is 40.2 Å². The maximum atomic E-state index is 12.9. The molecule has 2 aromatic carbocycles. The Balaban J connectivity index is 1.64. The van der Waals surface area contributed by atoms with Gasteiger partial charge in [-0.15, -0.1) is 0 Å². The predicted octanol–water partition coefficient (Wildman–Crippen LogP) is 2.72. The van der Waals surface area contributed by atoms with E-state index in [0.29, 0.717) is 24.3 Å². The molecule has 1 aliphatic heterocycles. The number of hydrogen-bond donors (Lipinski definition) is 1. The third-order valence-electron chi connectivity index (χ3n) is 5.16. The summed E-state index contributed by atoms with van der Waals surface area (Å²) in [5.41, 5.74) is 2.66. The van der Waals surface area contributed by atoms with E-state index in [1.165, 1.54) is 0 Å². The monoisotopic (exact) mass is 466 g/mol. The van der Waals surface area contributed by atoms with Crippen LogP contribution in [-0.4, -0.2) is 53.2 Å². The number of hydrogen-bond acceptors (Lipinski definition) is 6. The van der Waals surface area contributed by atoms with Gasteiger partial charge >= 0.3 is 10.1 Å². The van der Waals surface area contributed by atoms with E-state index in [0.717, 1.165) is 36.5 Å². The molecule has 1 aliphatic rings. The molecule has 31 heavy (non-hydrogen) atoms. The van der Waals surface area contributed by atoms with Crippen LogP contribution in [0.4, 0.5) is 5.69 Å². The van der Waals surface area contributed by atoms with Crippen molar-refractivity contribution in [2.75, 3.05) is 30.3 Å². The number of sulfonamides is 1. The zero-order valence-corrected chi connectivity index (χ0v) is 19.3. The molecular weight excluding hydrogens is 440 g/mol. The Morgan fingerprint density at radius 3 is 2.16 bits per heavy atom. The van der Waals surface area contributed by atoms with Gasteiger partial charge in [0, 0.05) is 18.7 Å². The lowest BCUT2D eigenvalue weighted by Crippen LogP contribution is -2.38. The molecule has 1 saturated heterocycles. The Labute approximate surface area is 183 Å². The number of nitrogens with zero attached hydrogens (tertiary/aromatic N) is 1. The number of amides is 1. The first-order valence-electron chi connectivity index (χ1n) is 9.78. The van der Waals surface area contributed by atoms with Gasteiger partial charge in [-0.05, 0) is 61.1 Å². The molecule has 0 aromatic heterocycles. The molecule has 0 radical (unpaired) electrons. The van der Waals surface area contributed by atoms with Gasteiger partial charge < -0.3 is 9.08 Å². The summed E-state index contributed by atoms with van der Waals surface area (Å²) in [5, 5.41) is 0. The number of carbonyl (C=O) groups is 1. The van der Waals surface area contributed by atoms with Crippen molar-refractivity contribution in [2.45, 2.75) is 25.7 Å². The van der Waals surface area contributed by atoms with E-state index in [-0.39, 0.29) is 17.6 Å². The lowest BCUT2D eigenvalue weighted by atomic mass is 9.89. The zero-order chi connectivity index (χ0) is 22.8. The van der Waals surface area contributed by atoms with Gasteiger partial charge in [0.25, 0.3) is 5.91 Å². The quantitative estimate of drug-likeness (QED) is 0.656. The number of nitrogens with one attached hydrogen (secondary N) is 1. The van der Waals surface area contributed by atoms with Crippen LogP contribution in [0.25, 0.3) is 0 Å². The summed E-state index contributed by atoms with van der Waals surface area (Å²) in [6.45, 7) is 2.93. The summed E-state index contributed by atoms with van der Waals surface area (Å²) in [6, 6.07) is 12.0. The molecule has 3 rings (SSSR count). The van der Waals surface area contributed by atoms with Gasteiger partial charge in [0.1, 0.15) is 5.75 Å². The van der Waals surface area contributed by atoms with E-state index in [1.807, 2.05) is 12.1 Å². The van der Waals surface area contributed by atoms with Crippen LogP contribution in [-0.2, 0) is 20.1 Å². The molecule has 0 spiro atoms. The molecule has 8 nitrogen and oxygen atoms in total. The molecule has 0 bridgehead atoms. The highest BCUT2D eigenvalue weighted by molar-refractivity contribution is 7.92. The molecule has 1 heterocycles. The third kappa shape index (κ3) is 6.44. The van der Waals surface area contributed by atoms with Crippen LogP contribution in [0.3, 0.4) is 0 Å². The molecule has 0 aliphatic carbocycles. The number of benzene rings is 2. The lowest BCUT2D eigenvalue weighted by molar-refractivity contribution is 0.0713. The van der Waals surface area contributed by atoms with Gasteiger partial charge in [-0.3, -0.25) is 9.52 Å². The fourth-order valence-corrected chi connectivity index (χ4v) is 4.71. The minimum atomic E-state index is -3.56. The fraction of sp³-hybridized carbons (Fsp3) is 0.381. The highest BCUT2D eigenvalue weighted by Gasteiger charge is 2.25. The summed E-state index contributed by atoms with van der Waals surface area (Å²) < 4.78 is 52.9. The van der Waals surface area contributed by atoms with E-state index in [9.17, 15) is 21.6 Å². The Bertz CT molecular complexity index is 1170. The average Bonchev–Trinajstić information content (AvgIpc) is 2.68. The smallest absolute Gasteiger partial charge is 0.306 e. The molecule has 1 fully saturated rings. The lowest BCUT2D eigenvalue weighted by Gasteiger charge is -2.32. The van der Waals surface area contributed by atoms with Gasteiger partial charge in [-0.2, -0.15) is 8.42 Å². The highest BCUT2D eigenvalue weighted by atomic mass is 32.2. The predicted molar refractivity (Wildman–Crippen MR) is 119 cm³/mol. The van der Waals surface area contributed by atoms with Gasteiger partial charge in [-0.1, -0.05) is 18.2 Å². The van der Waals surface area contributed by atoms with Crippen LogP contribution >= 0.6 is 0 Å². The number of anilines is 1. The number of carbonyl (C=O) groups excluding carboxylic acids is 1. The highest BCUT2D eigenvalue weighted by Crippen LogP contribution is 2.30.